The second kappa shape index (κ2) is 5.12. The Morgan fingerprint density at radius 3 is 2.79 bits per heavy atom. The molecule has 78 valence electrons. The molecule has 0 atom stereocenters. The van der Waals surface area contributed by atoms with Gasteiger partial charge in [0, 0.05) is 13.1 Å². The van der Waals surface area contributed by atoms with Crippen molar-refractivity contribution in [3.8, 4) is 0 Å². The van der Waals surface area contributed by atoms with E-state index in [0.717, 1.165) is 10.4 Å². The van der Waals surface area contributed by atoms with E-state index in [9.17, 15) is 4.79 Å². The van der Waals surface area contributed by atoms with Gasteiger partial charge in [0.25, 0.3) is 5.91 Å². The van der Waals surface area contributed by atoms with Gasteiger partial charge in [0.2, 0.25) is 0 Å². The fourth-order valence-corrected chi connectivity index (χ4v) is 2.15. The van der Waals surface area contributed by atoms with E-state index in [1.165, 1.54) is 11.3 Å². The Morgan fingerprint density at radius 2 is 2.36 bits per heavy atom. The van der Waals surface area contributed by atoms with E-state index in [4.69, 9.17) is 5.11 Å². The molecule has 0 saturated carbocycles. The van der Waals surface area contributed by atoms with Crippen molar-refractivity contribution in [3.63, 3.8) is 0 Å². The van der Waals surface area contributed by atoms with Gasteiger partial charge in [-0.25, -0.2) is 0 Å². The summed E-state index contributed by atoms with van der Waals surface area (Å²) in [6.45, 7) is 4.90. The summed E-state index contributed by atoms with van der Waals surface area (Å²) in [4.78, 5) is 14.3. The first-order chi connectivity index (χ1) is 6.70. The molecule has 14 heavy (non-hydrogen) atoms. The lowest BCUT2D eigenvalue weighted by Gasteiger charge is -2.19. The van der Waals surface area contributed by atoms with Crippen LogP contribution in [0.3, 0.4) is 0 Å². The van der Waals surface area contributed by atoms with E-state index in [1.54, 1.807) is 4.90 Å². The molecule has 0 aliphatic rings. The van der Waals surface area contributed by atoms with Gasteiger partial charge in [0.15, 0.2) is 0 Å². The molecule has 1 N–H and O–H groups in total. The highest BCUT2D eigenvalue weighted by Gasteiger charge is 2.16. The molecular formula is C10H15NO2S. The number of aryl methyl sites for hydroxylation is 1. The van der Waals surface area contributed by atoms with Gasteiger partial charge >= 0.3 is 0 Å². The van der Waals surface area contributed by atoms with Crippen molar-refractivity contribution in [2.45, 2.75) is 13.8 Å². The van der Waals surface area contributed by atoms with E-state index in [2.05, 4.69) is 0 Å². The zero-order chi connectivity index (χ0) is 10.6. The van der Waals surface area contributed by atoms with Crippen LogP contribution in [0.2, 0.25) is 0 Å². The average molecular weight is 213 g/mol. The largest absolute Gasteiger partial charge is 0.395 e. The minimum Gasteiger partial charge on any atom is -0.395 e. The monoisotopic (exact) mass is 213 g/mol. The van der Waals surface area contributed by atoms with E-state index in [0.29, 0.717) is 13.1 Å². The first kappa shape index (κ1) is 11.2. The van der Waals surface area contributed by atoms with E-state index in [1.807, 2.05) is 25.3 Å². The lowest BCUT2D eigenvalue weighted by atomic mass is 10.2. The molecule has 0 saturated heterocycles. The summed E-state index contributed by atoms with van der Waals surface area (Å²) in [6.07, 6.45) is 0. The van der Waals surface area contributed by atoms with Crippen molar-refractivity contribution in [2.75, 3.05) is 19.7 Å². The average Bonchev–Trinajstić information content (AvgIpc) is 2.59. The number of hydrogen-bond donors (Lipinski definition) is 1. The van der Waals surface area contributed by atoms with Crippen LogP contribution in [0.15, 0.2) is 11.4 Å². The van der Waals surface area contributed by atoms with Crippen LogP contribution in [0.4, 0.5) is 0 Å². The maximum atomic E-state index is 11.9. The Morgan fingerprint density at radius 1 is 1.64 bits per heavy atom. The highest BCUT2D eigenvalue weighted by atomic mass is 32.1. The number of amides is 1. The van der Waals surface area contributed by atoms with Gasteiger partial charge in [-0.15, -0.1) is 11.3 Å². The number of aliphatic hydroxyl groups excluding tert-OH is 1. The molecule has 0 bridgehead atoms. The first-order valence-electron chi connectivity index (χ1n) is 4.65. The Kier molecular flexibility index (Phi) is 4.10. The Balaban J connectivity index is 2.78. The summed E-state index contributed by atoms with van der Waals surface area (Å²) >= 11 is 1.45. The van der Waals surface area contributed by atoms with E-state index >= 15 is 0 Å². The summed E-state index contributed by atoms with van der Waals surface area (Å²) in [5, 5.41) is 10.7. The highest BCUT2D eigenvalue weighted by molar-refractivity contribution is 7.12. The summed E-state index contributed by atoms with van der Waals surface area (Å²) < 4.78 is 0. The third-order valence-corrected chi connectivity index (χ3v) is 3.10. The van der Waals surface area contributed by atoms with Crippen LogP contribution in [-0.4, -0.2) is 35.6 Å². The molecule has 0 aliphatic heterocycles. The maximum absolute atomic E-state index is 11.9. The zero-order valence-corrected chi connectivity index (χ0v) is 9.30. The number of nitrogens with zero attached hydrogens (tertiary/aromatic N) is 1. The molecule has 0 fully saturated rings. The van der Waals surface area contributed by atoms with Crippen molar-refractivity contribution < 1.29 is 9.90 Å². The fourth-order valence-electron chi connectivity index (χ4n) is 1.26. The second-order valence-electron chi connectivity index (χ2n) is 3.04. The number of likely N-dealkylation sites (N-methyl/N-ethyl adjacent to an activating group) is 1. The number of aliphatic hydroxyl groups is 1. The van der Waals surface area contributed by atoms with Crippen molar-refractivity contribution in [1.29, 1.82) is 0 Å². The number of carbonyl (C=O) groups is 1. The minimum atomic E-state index is 0.0179. The molecule has 0 aromatic carbocycles. The van der Waals surface area contributed by atoms with Gasteiger partial charge in [-0.3, -0.25) is 4.79 Å². The highest BCUT2D eigenvalue weighted by Crippen LogP contribution is 2.17. The maximum Gasteiger partial charge on any atom is 0.264 e. The molecule has 0 unspecified atom stereocenters. The molecule has 4 heteroatoms. The zero-order valence-electron chi connectivity index (χ0n) is 8.49. The fraction of sp³-hybridized carbons (Fsp3) is 0.500. The van der Waals surface area contributed by atoms with Gasteiger partial charge in [-0.1, -0.05) is 0 Å². The molecule has 1 amide bonds. The Hall–Kier alpha value is -0.870. The standard InChI is InChI=1S/C10H15NO2S/c1-3-11(5-6-12)10(13)9-8(2)4-7-14-9/h4,7,12H,3,5-6H2,1-2H3. The van der Waals surface area contributed by atoms with Crippen molar-refractivity contribution in [3.05, 3.63) is 21.9 Å². The lowest BCUT2D eigenvalue weighted by molar-refractivity contribution is 0.0736. The topological polar surface area (TPSA) is 40.5 Å². The van der Waals surface area contributed by atoms with Gasteiger partial charge in [0.05, 0.1) is 11.5 Å². The van der Waals surface area contributed by atoms with Gasteiger partial charge in [0.1, 0.15) is 0 Å². The number of thiophene rings is 1. The van der Waals surface area contributed by atoms with Gasteiger partial charge < -0.3 is 10.0 Å². The van der Waals surface area contributed by atoms with Gasteiger partial charge in [-0.2, -0.15) is 0 Å². The van der Waals surface area contributed by atoms with E-state index < -0.39 is 0 Å². The molecule has 0 aliphatic carbocycles. The lowest BCUT2D eigenvalue weighted by Crippen LogP contribution is -2.33. The van der Waals surface area contributed by atoms with Crippen LogP contribution < -0.4 is 0 Å². The first-order valence-corrected chi connectivity index (χ1v) is 5.53. The summed E-state index contributed by atoms with van der Waals surface area (Å²) in [7, 11) is 0. The van der Waals surface area contributed by atoms with Crippen LogP contribution in [0.25, 0.3) is 0 Å². The van der Waals surface area contributed by atoms with E-state index in [-0.39, 0.29) is 12.5 Å². The molecule has 0 spiro atoms. The molecule has 1 heterocycles. The summed E-state index contributed by atoms with van der Waals surface area (Å²) in [6, 6.07) is 1.94. The second-order valence-corrected chi connectivity index (χ2v) is 3.96. The molecule has 3 nitrogen and oxygen atoms in total. The van der Waals surface area contributed by atoms with Crippen LogP contribution >= 0.6 is 11.3 Å². The third-order valence-electron chi connectivity index (χ3n) is 2.10. The minimum absolute atomic E-state index is 0.0179. The third kappa shape index (κ3) is 2.33. The number of carbonyl (C=O) groups excluding carboxylic acids is 1. The predicted octanol–water partition coefficient (Wildman–Crippen LogP) is 1.51. The summed E-state index contributed by atoms with van der Waals surface area (Å²) in [5.74, 6) is 0.0223. The SMILES string of the molecule is CCN(CCO)C(=O)c1sccc1C. The predicted molar refractivity (Wildman–Crippen MR) is 57.7 cm³/mol. The molecule has 1 aromatic heterocycles. The smallest absolute Gasteiger partial charge is 0.264 e. The number of hydrogen-bond acceptors (Lipinski definition) is 3. The van der Waals surface area contributed by atoms with Crippen molar-refractivity contribution >= 4 is 17.2 Å². The van der Waals surface area contributed by atoms with Crippen LogP contribution in [0.5, 0.6) is 0 Å². The van der Waals surface area contributed by atoms with Crippen molar-refractivity contribution in [1.82, 2.24) is 4.90 Å². The molecule has 1 rings (SSSR count). The van der Waals surface area contributed by atoms with Crippen LogP contribution in [0, 0.1) is 6.92 Å². The number of rotatable bonds is 4. The van der Waals surface area contributed by atoms with Crippen LogP contribution in [-0.2, 0) is 0 Å². The molecular weight excluding hydrogens is 198 g/mol. The Labute approximate surface area is 88.0 Å². The summed E-state index contributed by atoms with van der Waals surface area (Å²) in [5.41, 5.74) is 1.01. The molecule has 0 radical (unpaired) electrons. The quantitative estimate of drug-likeness (QED) is 0.823. The normalized spacial score (nSPS) is 10.2. The van der Waals surface area contributed by atoms with Crippen LogP contribution in [0.1, 0.15) is 22.2 Å². The van der Waals surface area contributed by atoms with Crippen molar-refractivity contribution in [2.24, 2.45) is 0 Å². The molecule has 1 aromatic rings. The Bertz CT molecular complexity index is 309. The van der Waals surface area contributed by atoms with Gasteiger partial charge in [-0.05, 0) is 30.9 Å².